The van der Waals surface area contributed by atoms with Gasteiger partial charge in [-0.25, -0.2) is 0 Å². The molecule has 0 fully saturated rings. The van der Waals surface area contributed by atoms with E-state index in [0.717, 1.165) is 12.3 Å². The second-order valence-electron chi connectivity index (χ2n) is 2.57. The lowest BCUT2D eigenvalue weighted by Crippen LogP contribution is -2.07. The molecule has 0 saturated heterocycles. The Labute approximate surface area is 84.4 Å². The fourth-order valence-electron chi connectivity index (χ4n) is 0.821. The van der Waals surface area contributed by atoms with Crippen LogP contribution in [0.5, 0.6) is 0 Å². The summed E-state index contributed by atoms with van der Waals surface area (Å²) in [5.41, 5.74) is -0.591. The fourth-order valence-corrected chi connectivity index (χ4v) is 0.821. The summed E-state index contributed by atoms with van der Waals surface area (Å²) in [6.07, 6.45) is -3.35. The van der Waals surface area contributed by atoms with Crippen LogP contribution in [0.25, 0.3) is 0 Å². The fraction of sp³-hybridized carbons (Fsp3) is 0.200. The molecule has 0 bridgehead atoms. The van der Waals surface area contributed by atoms with Gasteiger partial charge in [0.1, 0.15) is 5.69 Å². The van der Waals surface area contributed by atoms with E-state index in [2.05, 4.69) is 16.8 Å². The lowest BCUT2D eigenvalue weighted by Gasteiger charge is -2.03. The van der Waals surface area contributed by atoms with Crippen molar-refractivity contribution < 1.29 is 13.2 Å². The topological polar surface area (TPSA) is 36.7 Å². The first-order valence-electron chi connectivity index (χ1n) is 3.93. The number of nitrogens with zero attached hydrogens (tertiary/aromatic N) is 2. The van der Waals surface area contributed by atoms with Crippen molar-refractivity contribution in [3.05, 3.63) is 29.6 Å². The zero-order valence-corrected chi connectivity index (χ0v) is 7.47. The zero-order valence-electron chi connectivity index (χ0n) is 7.47. The molecule has 15 heavy (non-hydrogen) atoms. The van der Waals surface area contributed by atoms with Gasteiger partial charge in [-0.05, 0) is 12.1 Å². The van der Waals surface area contributed by atoms with Gasteiger partial charge in [0.2, 0.25) is 0 Å². The predicted molar refractivity (Wildman–Crippen MR) is 46.3 cm³/mol. The molecular formula is C10H5F3N2. The molecule has 0 aromatic carbocycles. The Bertz CT molecular complexity index is 429. The number of hydrogen-bond acceptors (Lipinski definition) is 2. The number of aromatic nitrogens is 1. The van der Waals surface area contributed by atoms with E-state index in [-0.39, 0.29) is 6.42 Å². The van der Waals surface area contributed by atoms with Crippen LogP contribution in [0.1, 0.15) is 17.7 Å². The number of alkyl halides is 3. The van der Waals surface area contributed by atoms with Gasteiger partial charge in [0.25, 0.3) is 0 Å². The van der Waals surface area contributed by atoms with Crippen molar-refractivity contribution in [3.8, 4) is 17.9 Å². The van der Waals surface area contributed by atoms with Crippen LogP contribution in [0.2, 0.25) is 0 Å². The molecule has 2 nitrogen and oxygen atoms in total. The molecular weight excluding hydrogens is 205 g/mol. The minimum Gasteiger partial charge on any atom is -0.250 e. The molecule has 0 saturated carbocycles. The molecule has 76 valence electrons. The van der Waals surface area contributed by atoms with Crippen molar-refractivity contribution in [2.75, 3.05) is 0 Å². The molecule has 5 heteroatoms. The van der Waals surface area contributed by atoms with E-state index >= 15 is 0 Å². The van der Waals surface area contributed by atoms with E-state index in [1.54, 1.807) is 6.07 Å². The molecule has 0 aliphatic heterocycles. The van der Waals surface area contributed by atoms with Crippen molar-refractivity contribution in [3.63, 3.8) is 0 Å². The first-order chi connectivity index (χ1) is 7.04. The average Bonchev–Trinajstić information content (AvgIpc) is 2.18. The van der Waals surface area contributed by atoms with Gasteiger partial charge in [-0.3, -0.25) is 4.98 Å². The Morgan fingerprint density at radius 3 is 2.53 bits per heavy atom. The van der Waals surface area contributed by atoms with Crippen molar-refractivity contribution in [1.82, 2.24) is 4.98 Å². The molecule has 0 unspecified atom stereocenters. The van der Waals surface area contributed by atoms with E-state index in [4.69, 9.17) is 5.26 Å². The number of rotatable bonds is 0. The Hall–Kier alpha value is -2.01. The van der Waals surface area contributed by atoms with Crippen LogP contribution >= 0.6 is 0 Å². The molecule has 1 aromatic heterocycles. The summed E-state index contributed by atoms with van der Waals surface area (Å²) in [5, 5.41) is 8.18. The van der Waals surface area contributed by atoms with Crippen LogP contribution < -0.4 is 0 Å². The van der Waals surface area contributed by atoms with Crippen LogP contribution in [-0.2, 0) is 6.18 Å². The quantitative estimate of drug-likeness (QED) is 0.616. The highest BCUT2D eigenvalue weighted by Gasteiger charge is 2.31. The maximum absolute atomic E-state index is 12.1. The smallest absolute Gasteiger partial charge is 0.250 e. The van der Waals surface area contributed by atoms with Gasteiger partial charge < -0.3 is 0 Å². The summed E-state index contributed by atoms with van der Waals surface area (Å²) in [4.78, 5) is 3.22. The monoisotopic (exact) mass is 210 g/mol. The van der Waals surface area contributed by atoms with Crippen LogP contribution in [0.15, 0.2) is 18.3 Å². The first kappa shape index (κ1) is 11.1. The predicted octanol–water partition coefficient (Wildman–Crippen LogP) is 2.37. The third kappa shape index (κ3) is 3.32. The van der Waals surface area contributed by atoms with Crippen molar-refractivity contribution in [2.45, 2.75) is 12.6 Å². The highest BCUT2D eigenvalue weighted by atomic mass is 19.4. The maximum atomic E-state index is 12.1. The second kappa shape index (κ2) is 4.47. The molecule has 0 radical (unpaired) electrons. The van der Waals surface area contributed by atoms with E-state index in [1.165, 1.54) is 6.07 Å². The minimum atomic E-state index is -4.43. The average molecular weight is 210 g/mol. The third-order valence-electron chi connectivity index (χ3n) is 1.45. The minimum absolute atomic E-state index is 0.0427. The van der Waals surface area contributed by atoms with E-state index < -0.39 is 11.9 Å². The summed E-state index contributed by atoms with van der Waals surface area (Å²) < 4.78 is 36.3. The molecule has 0 atom stereocenters. The van der Waals surface area contributed by atoms with Gasteiger partial charge in [0.15, 0.2) is 0 Å². The number of nitriles is 1. The largest absolute Gasteiger partial charge is 0.433 e. The number of halogens is 3. The van der Waals surface area contributed by atoms with Gasteiger partial charge in [0.05, 0.1) is 12.5 Å². The zero-order chi connectivity index (χ0) is 11.3. The molecule has 0 aliphatic rings. The molecule has 1 heterocycles. The van der Waals surface area contributed by atoms with Gasteiger partial charge in [0, 0.05) is 11.8 Å². The summed E-state index contributed by atoms with van der Waals surface area (Å²) in [6.45, 7) is 0. The molecule has 0 amide bonds. The van der Waals surface area contributed by atoms with Gasteiger partial charge in [-0.15, -0.1) is 0 Å². The summed E-state index contributed by atoms with van der Waals surface area (Å²) in [7, 11) is 0. The van der Waals surface area contributed by atoms with Gasteiger partial charge in [-0.2, -0.15) is 18.4 Å². The summed E-state index contributed by atoms with van der Waals surface area (Å²) in [5.74, 6) is 5.00. The summed E-state index contributed by atoms with van der Waals surface area (Å²) in [6, 6.07) is 3.88. The highest BCUT2D eigenvalue weighted by molar-refractivity contribution is 5.33. The molecule has 1 rings (SSSR count). The van der Waals surface area contributed by atoms with E-state index in [1.807, 2.05) is 0 Å². The van der Waals surface area contributed by atoms with Gasteiger partial charge >= 0.3 is 6.18 Å². The molecule has 1 aromatic rings. The van der Waals surface area contributed by atoms with Gasteiger partial charge in [-0.1, -0.05) is 11.8 Å². The third-order valence-corrected chi connectivity index (χ3v) is 1.45. The van der Waals surface area contributed by atoms with E-state index in [0.29, 0.717) is 5.56 Å². The van der Waals surface area contributed by atoms with Crippen LogP contribution in [-0.4, -0.2) is 4.98 Å². The Balaban J connectivity index is 2.84. The lowest BCUT2D eigenvalue weighted by atomic mass is 10.2. The molecule has 0 aliphatic carbocycles. The number of pyridine rings is 1. The van der Waals surface area contributed by atoms with Crippen LogP contribution in [0, 0.1) is 23.2 Å². The Morgan fingerprint density at radius 1 is 1.33 bits per heavy atom. The summed E-state index contributed by atoms with van der Waals surface area (Å²) >= 11 is 0. The Morgan fingerprint density at radius 2 is 2.07 bits per heavy atom. The standard InChI is InChI=1S/C10H5F3N2/c11-10(12,13)9-5-4-8(7-15-9)3-1-2-6-14/h4-5,7H,2H2. The van der Waals surface area contributed by atoms with E-state index in [9.17, 15) is 13.2 Å². The van der Waals surface area contributed by atoms with Crippen molar-refractivity contribution in [2.24, 2.45) is 0 Å². The van der Waals surface area contributed by atoms with Crippen molar-refractivity contribution >= 4 is 0 Å². The first-order valence-corrected chi connectivity index (χ1v) is 3.93. The highest BCUT2D eigenvalue weighted by Crippen LogP contribution is 2.26. The van der Waals surface area contributed by atoms with Crippen molar-refractivity contribution in [1.29, 1.82) is 5.26 Å². The lowest BCUT2D eigenvalue weighted by molar-refractivity contribution is -0.141. The van der Waals surface area contributed by atoms with Crippen LogP contribution in [0.3, 0.4) is 0 Å². The molecule has 0 spiro atoms. The second-order valence-corrected chi connectivity index (χ2v) is 2.57. The normalized spacial score (nSPS) is 10.0. The Kier molecular flexibility index (Phi) is 3.30. The molecule has 0 N–H and O–H groups in total. The SMILES string of the molecule is N#CCC#Cc1ccc(C(F)(F)F)nc1. The van der Waals surface area contributed by atoms with Crippen LogP contribution in [0.4, 0.5) is 13.2 Å². The maximum Gasteiger partial charge on any atom is 0.433 e. The number of hydrogen-bond donors (Lipinski definition) is 0.